The minimum Gasteiger partial charge on any atom is -0.463 e. The van der Waals surface area contributed by atoms with Gasteiger partial charge in [0.1, 0.15) is 11.5 Å². The Morgan fingerprint density at radius 2 is 1.89 bits per heavy atom. The molecule has 0 aliphatic carbocycles. The van der Waals surface area contributed by atoms with E-state index in [2.05, 4.69) is 4.99 Å². The Morgan fingerprint density at radius 1 is 1.14 bits per heavy atom. The molecule has 1 aliphatic heterocycles. The molecule has 1 atom stereocenters. The fourth-order valence-corrected chi connectivity index (χ4v) is 5.66. The van der Waals surface area contributed by atoms with E-state index in [0.29, 0.717) is 47.7 Å². The zero-order valence-corrected chi connectivity index (χ0v) is 22.6. The Bertz CT molecular complexity index is 1730. The molecule has 1 aliphatic rings. The number of halogens is 2. The molecule has 0 unspecified atom stereocenters. The van der Waals surface area contributed by atoms with Crippen LogP contribution in [0.5, 0.6) is 0 Å². The molecule has 0 spiro atoms. The van der Waals surface area contributed by atoms with Crippen LogP contribution in [0.2, 0.25) is 10.0 Å². The first-order valence-corrected chi connectivity index (χ1v) is 13.2. The second-order valence-corrected chi connectivity index (χ2v) is 10.4. The Labute approximate surface area is 226 Å². The third-order valence-electron chi connectivity index (χ3n) is 6.00. The van der Waals surface area contributed by atoms with Crippen LogP contribution < -0.4 is 14.9 Å². The fraction of sp³-hybridized carbons (Fsp3) is 0.179. The van der Waals surface area contributed by atoms with Gasteiger partial charge in [-0.05, 0) is 56.7 Å². The summed E-state index contributed by atoms with van der Waals surface area (Å²) in [6, 6.07) is 15.8. The highest BCUT2D eigenvalue weighted by Crippen LogP contribution is 2.33. The zero-order valence-electron chi connectivity index (χ0n) is 20.2. The van der Waals surface area contributed by atoms with Crippen molar-refractivity contribution in [3.8, 4) is 11.3 Å². The van der Waals surface area contributed by atoms with E-state index in [0.717, 1.165) is 11.1 Å². The second-order valence-electron chi connectivity index (χ2n) is 8.54. The number of ether oxygens (including phenoxy) is 1. The van der Waals surface area contributed by atoms with Crippen LogP contribution in [-0.2, 0) is 9.53 Å². The number of carbonyl (C=O) groups is 1. The lowest BCUT2D eigenvalue weighted by Gasteiger charge is -2.24. The lowest BCUT2D eigenvalue weighted by Crippen LogP contribution is -2.39. The molecule has 37 heavy (non-hydrogen) atoms. The van der Waals surface area contributed by atoms with Gasteiger partial charge in [-0.15, -0.1) is 0 Å². The van der Waals surface area contributed by atoms with Crippen molar-refractivity contribution < 1.29 is 13.9 Å². The molecule has 9 heteroatoms. The van der Waals surface area contributed by atoms with Gasteiger partial charge in [-0.25, -0.2) is 9.79 Å². The first-order chi connectivity index (χ1) is 17.8. The predicted molar refractivity (Wildman–Crippen MR) is 146 cm³/mol. The number of rotatable bonds is 5. The van der Waals surface area contributed by atoms with E-state index >= 15 is 0 Å². The quantitative estimate of drug-likeness (QED) is 0.299. The van der Waals surface area contributed by atoms with Crippen molar-refractivity contribution >= 4 is 46.6 Å². The molecule has 0 amide bonds. The number of esters is 1. The average Bonchev–Trinajstić information content (AvgIpc) is 3.45. The van der Waals surface area contributed by atoms with Crippen molar-refractivity contribution in [2.75, 3.05) is 6.61 Å². The van der Waals surface area contributed by atoms with Gasteiger partial charge in [0, 0.05) is 16.7 Å². The number of allylic oxidation sites excluding steroid dienone is 1. The van der Waals surface area contributed by atoms with E-state index in [1.54, 1.807) is 54.8 Å². The van der Waals surface area contributed by atoms with Crippen LogP contribution in [0, 0.1) is 6.92 Å². The van der Waals surface area contributed by atoms with Gasteiger partial charge in [0.25, 0.3) is 5.56 Å². The van der Waals surface area contributed by atoms with Crippen molar-refractivity contribution in [1.82, 2.24) is 4.57 Å². The molecule has 0 fully saturated rings. The van der Waals surface area contributed by atoms with Crippen LogP contribution in [0.4, 0.5) is 0 Å². The van der Waals surface area contributed by atoms with E-state index in [1.807, 2.05) is 31.2 Å². The third kappa shape index (κ3) is 4.82. The number of carbonyl (C=O) groups excluding carboxylic acids is 1. The van der Waals surface area contributed by atoms with Crippen LogP contribution in [0.1, 0.15) is 36.8 Å². The molecule has 6 nitrogen and oxygen atoms in total. The van der Waals surface area contributed by atoms with Gasteiger partial charge < -0.3 is 9.15 Å². The summed E-state index contributed by atoms with van der Waals surface area (Å²) in [5, 5.41) is 1.04. The molecular formula is C28H22Cl2N2O4S. The molecule has 0 saturated carbocycles. The monoisotopic (exact) mass is 552 g/mol. The van der Waals surface area contributed by atoms with Crippen LogP contribution >= 0.6 is 34.5 Å². The molecule has 0 saturated heterocycles. The number of nitrogens with zero attached hydrogens (tertiary/aromatic N) is 2. The van der Waals surface area contributed by atoms with Gasteiger partial charge in [-0.3, -0.25) is 9.36 Å². The van der Waals surface area contributed by atoms with E-state index < -0.39 is 12.0 Å². The largest absolute Gasteiger partial charge is 0.463 e. The third-order valence-corrected chi connectivity index (χ3v) is 7.55. The molecule has 4 aromatic rings. The Kier molecular flexibility index (Phi) is 6.94. The van der Waals surface area contributed by atoms with Crippen LogP contribution in [-0.4, -0.2) is 17.1 Å². The summed E-state index contributed by atoms with van der Waals surface area (Å²) in [5.74, 6) is 0.520. The first-order valence-electron chi connectivity index (χ1n) is 11.6. The smallest absolute Gasteiger partial charge is 0.338 e. The number of hydrogen-bond donors (Lipinski definition) is 0. The number of fused-ring (bicyclic) bond motifs is 1. The molecule has 5 rings (SSSR count). The lowest BCUT2D eigenvalue weighted by atomic mass is 9.95. The number of benzene rings is 2. The molecule has 188 valence electrons. The molecule has 0 radical (unpaired) electrons. The normalized spacial score (nSPS) is 15.5. The highest BCUT2D eigenvalue weighted by atomic mass is 35.5. The van der Waals surface area contributed by atoms with E-state index in [1.165, 1.54) is 11.3 Å². The van der Waals surface area contributed by atoms with Gasteiger partial charge in [-0.1, -0.05) is 64.4 Å². The van der Waals surface area contributed by atoms with Gasteiger partial charge in [0.05, 0.1) is 33.5 Å². The van der Waals surface area contributed by atoms with Crippen LogP contribution in [0.25, 0.3) is 17.4 Å². The molecule has 2 aromatic heterocycles. The topological polar surface area (TPSA) is 73.8 Å². The predicted octanol–water partition coefficient (Wildman–Crippen LogP) is 5.67. The van der Waals surface area contributed by atoms with Gasteiger partial charge in [0.2, 0.25) is 0 Å². The van der Waals surface area contributed by atoms with Crippen molar-refractivity contribution in [1.29, 1.82) is 0 Å². The summed E-state index contributed by atoms with van der Waals surface area (Å²) in [6.45, 7) is 5.71. The van der Waals surface area contributed by atoms with Gasteiger partial charge in [-0.2, -0.15) is 0 Å². The van der Waals surface area contributed by atoms with Crippen molar-refractivity contribution in [2.24, 2.45) is 4.99 Å². The summed E-state index contributed by atoms with van der Waals surface area (Å²) in [6.07, 6.45) is 1.67. The highest BCUT2D eigenvalue weighted by Gasteiger charge is 2.33. The lowest BCUT2D eigenvalue weighted by molar-refractivity contribution is -0.139. The Hall–Kier alpha value is -3.39. The maximum atomic E-state index is 13.7. The second kappa shape index (κ2) is 10.2. The van der Waals surface area contributed by atoms with E-state index in [9.17, 15) is 9.59 Å². The van der Waals surface area contributed by atoms with Crippen LogP contribution in [0.15, 0.2) is 80.1 Å². The molecule has 0 bridgehead atoms. The minimum atomic E-state index is -0.657. The first kappa shape index (κ1) is 25.3. The van der Waals surface area contributed by atoms with Gasteiger partial charge >= 0.3 is 5.97 Å². The number of aryl methyl sites for hydroxylation is 1. The SMILES string of the molecule is CCOC(=O)C1=C(C)N=c2s/c(=C\c3ccc(-c4cc(Cl)ccc4Cl)o3)c(=O)n2[C@@H]1c1ccc(C)cc1. The fourth-order valence-electron chi connectivity index (χ4n) is 4.25. The Balaban J connectivity index is 1.64. The number of thiazole rings is 1. The summed E-state index contributed by atoms with van der Waals surface area (Å²) in [5.41, 5.74) is 3.12. The number of aromatic nitrogens is 1. The summed E-state index contributed by atoms with van der Waals surface area (Å²) >= 11 is 13.7. The summed E-state index contributed by atoms with van der Waals surface area (Å²) < 4.78 is 13.3. The molecule has 3 heterocycles. The summed E-state index contributed by atoms with van der Waals surface area (Å²) in [7, 11) is 0. The molecule has 0 N–H and O–H groups in total. The average molecular weight is 553 g/mol. The van der Waals surface area contributed by atoms with E-state index in [4.69, 9.17) is 32.4 Å². The van der Waals surface area contributed by atoms with E-state index in [-0.39, 0.29) is 12.2 Å². The highest BCUT2D eigenvalue weighted by molar-refractivity contribution is 7.07. The van der Waals surface area contributed by atoms with Crippen molar-refractivity contribution in [3.63, 3.8) is 0 Å². The van der Waals surface area contributed by atoms with Crippen LogP contribution in [0.3, 0.4) is 0 Å². The van der Waals surface area contributed by atoms with Crippen molar-refractivity contribution in [2.45, 2.75) is 26.8 Å². The number of hydrogen-bond acceptors (Lipinski definition) is 6. The Morgan fingerprint density at radius 3 is 2.62 bits per heavy atom. The standard InChI is InChI=1S/C28H22Cl2N2O4S/c1-4-35-27(34)24-16(3)31-28-32(25(24)17-7-5-15(2)6-8-17)26(33)23(37-28)14-19-10-12-22(36-19)20-13-18(29)9-11-21(20)30/h5-14,25H,4H2,1-3H3/b23-14-/t25-/m1/s1. The molecule has 2 aromatic carbocycles. The maximum Gasteiger partial charge on any atom is 0.338 e. The summed E-state index contributed by atoms with van der Waals surface area (Å²) in [4.78, 5) is 31.8. The van der Waals surface area contributed by atoms with Crippen molar-refractivity contribution in [3.05, 3.63) is 112 Å². The number of furan rings is 1. The maximum absolute atomic E-state index is 13.7. The zero-order chi connectivity index (χ0) is 26.3. The minimum absolute atomic E-state index is 0.220. The molecular weight excluding hydrogens is 531 g/mol. The van der Waals surface area contributed by atoms with Gasteiger partial charge in [0.15, 0.2) is 4.80 Å².